The molecule has 1 unspecified atom stereocenters. The van der Waals surface area contributed by atoms with Gasteiger partial charge in [-0.15, -0.1) is 0 Å². The molecule has 0 spiro atoms. The van der Waals surface area contributed by atoms with E-state index in [2.05, 4.69) is 74.6 Å². The fourth-order valence-electron chi connectivity index (χ4n) is 2.70. The molecule has 0 amide bonds. The van der Waals surface area contributed by atoms with Crippen LogP contribution >= 0.6 is 0 Å². The van der Waals surface area contributed by atoms with E-state index in [9.17, 15) is 0 Å². The molecule has 2 aromatic carbocycles. The summed E-state index contributed by atoms with van der Waals surface area (Å²) in [7, 11) is 0. The molecule has 0 heterocycles. The van der Waals surface area contributed by atoms with Gasteiger partial charge in [-0.25, -0.2) is 0 Å². The van der Waals surface area contributed by atoms with Crippen molar-refractivity contribution in [1.29, 1.82) is 0 Å². The molecule has 0 aromatic heterocycles. The molecule has 22 heavy (non-hydrogen) atoms. The summed E-state index contributed by atoms with van der Waals surface area (Å²) in [5, 5.41) is 3.71. The Balaban J connectivity index is 2.11. The second kappa shape index (κ2) is 7.46. The number of benzene rings is 2. The molecule has 0 fully saturated rings. The van der Waals surface area contributed by atoms with E-state index in [1.54, 1.807) is 0 Å². The van der Waals surface area contributed by atoms with Gasteiger partial charge in [-0.3, -0.25) is 0 Å². The van der Waals surface area contributed by atoms with Crippen molar-refractivity contribution in [2.75, 3.05) is 6.61 Å². The normalized spacial score (nSPS) is 12.9. The van der Waals surface area contributed by atoms with Crippen molar-refractivity contribution in [2.24, 2.45) is 5.41 Å². The number of ether oxygens (including phenoxy) is 1. The highest BCUT2D eigenvalue weighted by atomic mass is 16.5. The predicted octanol–water partition coefficient (Wildman–Crippen LogP) is 4.96. The lowest BCUT2D eigenvalue weighted by atomic mass is 9.82. The monoisotopic (exact) mass is 297 g/mol. The number of rotatable bonds is 6. The van der Waals surface area contributed by atoms with Crippen LogP contribution in [-0.4, -0.2) is 6.61 Å². The highest BCUT2D eigenvalue weighted by Gasteiger charge is 2.25. The molecule has 0 aliphatic heterocycles. The van der Waals surface area contributed by atoms with Crippen molar-refractivity contribution in [1.82, 2.24) is 5.32 Å². The topological polar surface area (TPSA) is 21.3 Å². The van der Waals surface area contributed by atoms with Gasteiger partial charge < -0.3 is 10.1 Å². The lowest BCUT2D eigenvalue weighted by molar-refractivity contribution is 0.271. The van der Waals surface area contributed by atoms with Gasteiger partial charge in [0, 0.05) is 12.6 Å². The predicted molar refractivity (Wildman–Crippen MR) is 93.1 cm³/mol. The van der Waals surface area contributed by atoms with Crippen LogP contribution in [-0.2, 0) is 6.54 Å². The zero-order valence-electron chi connectivity index (χ0n) is 14.1. The third-order valence-electron chi connectivity index (χ3n) is 3.72. The Morgan fingerprint density at radius 1 is 1.00 bits per heavy atom. The average molecular weight is 297 g/mol. The number of hydrogen-bond donors (Lipinski definition) is 1. The molecule has 0 radical (unpaired) electrons. The van der Waals surface area contributed by atoms with Crippen molar-refractivity contribution < 1.29 is 4.74 Å². The van der Waals surface area contributed by atoms with Crippen molar-refractivity contribution in [3.05, 3.63) is 65.7 Å². The fraction of sp³-hybridized carbons (Fsp3) is 0.400. The van der Waals surface area contributed by atoms with Crippen LogP contribution in [0.4, 0.5) is 0 Å². The van der Waals surface area contributed by atoms with Crippen LogP contribution < -0.4 is 10.1 Å². The maximum absolute atomic E-state index is 5.58. The summed E-state index contributed by atoms with van der Waals surface area (Å²) in [4.78, 5) is 0. The average Bonchev–Trinajstić information content (AvgIpc) is 2.48. The molecule has 0 aliphatic carbocycles. The molecule has 118 valence electrons. The first-order valence-electron chi connectivity index (χ1n) is 8.01. The minimum absolute atomic E-state index is 0.152. The van der Waals surface area contributed by atoms with Crippen LogP contribution in [0.1, 0.15) is 44.9 Å². The molecule has 0 saturated carbocycles. The Hall–Kier alpha value is -1.80. The lowest BCUT2D eigenvalue weighted by Crippen LogP contribution is -2.32. The Kier molecular flexibility index (Phi) is 5.62. The quantitative estimate of drug-likeness (QED) is 0.813. The zero-order valence-corrected chi connectivity index (χ0v) is 14.1. The van der Waals surface area contributed by atoms with Crippen LogP contribution in [0.2, 0.25) is 0 Å². The molecular weight excluding hydrogens is 270 g/mol. The Labute approximate surface area is 134 Å². The number of hydrogen-bond acceptors (Lipinski definition) is 2. The van der Waals surface area contributed by atoms with Crippen molar-refractivity contribution in [3.8, 4) is 5.75 Å². The van der Waals surface area contributed by atoms with Gasteiger partial charge in [0.05, 0.1) is 6.61 Å². The van der Waals surface area contributed by atoms with Crippen LogP contribution in [0.3, 0.4) is 0 Å². The molecule has 2 heteroatoms. The Bertz CT molecular complexity index is 572. The summed E-state index contributed by atoms with van der Waals surface area (Å²) >= 11 is 0. The van der Waals surface area contributed by atoms with E-state index < -0.39 is 0 Å². The minimum atomic E-state index is 0.152. The van der Waals surface area contributed by atoms with E-state index in [0.717, 1.165) is 12.3 Å². The van der Waals surface area contributed by atoms with Gasteiger partial charge in [-0.2, -0.15) is 0 Å². The highest BCUT2D eigenvalue weighted by Crippen LogP contribution is 2.33. The summed E-state index contributed by atoms with van der Waals surface area (Å²) < 4.78 is 5.58. The van der Waals surface area contributed by atoms with E-state index in [4.69, 9.17) is 4.74 Å². The first kappa shape index (κ1) is 16.6. The standard InChI is InChI=1S/C20H27NO/c1-5-22-18-13-9-10-16(14-18)15-21-19(20(2,3)4)17-11-7-6-8-12-17/h6-14,19,21H,5,15H2,1-4H3. The van der Waals surface area contributed by atoms with Crippen LogP contribution in [0, 0.1) is 5.41 Å². The summed E-state index contributed by atoms with van der Waals surface area (Å²) in [6.07, 6.45) is 0. The number of nitrogens with one attached hydrogen (secondary N) is 1. The minimum Gasteiger partial charge on any atom is -0.494 e. The Morgan fingerprint density at radius 3 is 2.36 bits per heavy atom. The molecule has 2 rings (SSSR count). The van der Waals surface area contributed by atoms with Crippen molar-refractivity contribution >= 4 is 0 Å². The van der Waals surface area contributed by atoms with E-state index >= 15 is 0 Å². The first-order valence-corrected chi connectivity index (χ1v) is 8.01. The van der Waals surface area contributed by atoms with Crippen molar-refractivity contribution in [2.45, 2.75) is 40.3 Å². The summed E-state index contributed by atoms with van der Waals surface area (Å²) in [6.45, 7) is 10.4. The van der Waals surface area contributed by atoms with Gasteiger partial charge in [0.25, 0.3) is 0 Å². The van der Waals surface area contributed by atoms with E-state index in [-0.39, 0.29) is 5.41 Å². The highest BCUT2D eigenvalue weighted by molar-refractivity contribution is 5.29. The van der Waals surface area contributed by atoms with Crippen molar-refractivity contribution in [3.63, 3.8) is 0 Å². The maximum Gasteiger partial charge on any atom is 0.119 e. The third-order valence-corrected chi connectivity index (χ3v) is 3.72. The molecule has 1 atom stereocenters. The molecule has 1 N–H and O–H groups in total. The smallest absolute Gasteiger partial charge is 0.119 e. The first-order chi connectivity index (χ1) is 10.5. The van der Waals surface area contributed by atoms with Gasteiger partial charge in [-0.05, 0) is 35.6 Å². The summed E-state index contributed by atoms with van der Waals surface area (Å²) in [5.74, 6) is 0.939. The lowest BCUT2D eigenvalue weighted by Gasteiger charge is -2.32. The van der Waals surface area contributed by atoms with Gasteiger partial charge in [0.2, 0.25) is 0 Å². The SMILES string of the molecule is CCOc1cccc(CNC(c2ccccc2)C(C)(C)C)c1. The van der Waals surface area contributed by atoms with Gasteiger partial charge in [0.1, 0.15) is 5.75 Å². The van der Waals surface area contributed by atoms with Gasteiger partial charge in [-0.1, -0.05) is 63.2 Å². The molecule has 2 nitrogen and oxygen atoms in total. The third kappa shape index (κ3) is 4.60. The fourth-order valence-corrected chi connectivity index (χ4v) is 2.70. The molecule has 0 bridgehead atoms. The molecular formula is C20H27NO. The van der Waals surface area contributed by atoms with Crippen LogP contribution in [0.25, 0.3) is 0 Å². The van der Waals surface area contributed by atoms with Gasteiger partial charge >= 0.3 is 0 Å². The van der Waals surface area contributed by atoms with E-state index in [1.807, 2.05) is 13.0 Å². The Morgan fingerprint density at radius 2 is 1.73 bits per heavy atom. The zero-order chi connectivity index (χ0) is 16.0. The summed E-state index contributed by atoms with van der Waals surface area (Å²) in [6, 6.07) is 19.3. The second-order valence-electron chi connectivity index (χ2n) is 6.67. The summed E-state index contributed by atoms with van der Waals surface area (Å²) in [5.41, 5.74) is 2.73. The maximum atomic E-state index is 5.58. The second-order valence-corrected chi connectivity index (χ2v) is 6.67. The van der Waals surface area contributed by atoms with E-state index in [0.29, 0.717) is 12.6 Å². The molecule has 2 aromatic rings. The largest absolute Gasteiger partial charge is 0.494 e. The molecule has 0 saturated heterocycles. The van der Waals surface area contributed by atoms with Crippen LogP contribution in [0.15, 0.2) is 54.6 Å². The van der Waals surface area contributed by atoms with Crippen LogP contribution in [0.5, 0.6) is 5.75 Å². The van der Waals surface area contributed by atoms with E-state index in [1.165, 1.54) is 11.1 Å². The molecule has 0 aliphatic rings. The van der Waals surface area contributed by atoms with Gasteiger partial charge in [0.15, 0.2) is 0 Å².